The van der Waals surface area contributed by atoms with Gasteiger partial charge in [0, 0.05) is 21.8 Å². The molecule has 1 N–H and O–H groups in total. The van der Waals surface area contributed by atoms with Crippen molar-refractivity contribution in [1.82, 2.24) is 10.2 Å². The molecule has 0 radical (unpaired) electrons. The van der Waals surface area contributed by atoms with E-state index in [1.165, 1.54) is 11.8 Å². The smallest absolute Gasteiger partial charge is 0.234 e. The van der Waals surface area contributed by atoms with Crippen molar-refractivity contribution >= 4 is 44.9 Å². The Morgan fingerprint density at radius 3 is 2.48 bits per heavy atom. The zero-order chi connectivity index (χ0) is 17.1. The molecule has 4 aromatic rings. The Labute approximate surface area is 149 Å². The number of fused-ring (bicyclic) bond motifs is 2. The molecule has 0 bridgehead atoms. The van der Waals surface area contributed by atoms with Gasteiger partial charge in [0.1, 0.15) is 5.03 Å². The van der Waals surface area contributed by atoms with Gasteiger partial charge in [0.2, 0.25) is 5.91 Å². The topological polar surface area (TPSA) is 54.9 Å². The van der Waals surface area contributed by atoms with Crippen LogP contribution < -0.4 is 5.32 Å². The summed E-state index contributed by atoms with van der Waals surface area (Å²) in [5.41, 5.74) is 0.827. The third kappa shape index (κ3) is 3.32. The molecule has 1 heterocycles. The fourth-order valence-electron chi connectivity index (χ4n) is 2.76. The molecule has 0 atom stereocenters. The minimum atomic E-state index is -0.0592. The summed E-state index contributed by atoms with van der Waals surface area (Å²) in [6.07, 6.45) is 1.73. The second-order valence-electron chi connectivity index (χ2n) is 5.60. The summed E-state index contributed by atoms with van der Waals surface area (Å²) in [7, 11) is 0. The Morgan fingerprint density at radius 1 is 0.880 bits per heavy atom. The summed E-state index contributed by atoms with van der Waals surface area (Å²) in [6, 6.07) is 21.8. The first-order chi connectivity index (χ1) is 12.3. The van der Waals surface area contributed by atoms with E-state index < -0.39 is 0 Å². The maximum absolute atomic E-state index is 12.4. The van der Waals surface area contributed by atoms with Gasteiger partial charge in [0.25, 0.3) is 0 Å². The molecule has 0 saturated carbocycles. The van der Waals surface area contributed by atoms with Crippen LogP contribution in [0.2, 0.25) is 0 Å². The van der Waals surface area contributed by atoms with Crippen LogP contribution in [0.25, 0.3) is 21.5 Å². The molecule has 0 spiro atoms. The molecule has 3 aromatic carbocycles. The van der Waals surface area contributed by atoms with Crippen LogP contribution in [-0.2, 0) is 4.79 Å². The fraction of sp³-hybridized carbons (Fsp3) is 0.0500. The van der Waals surface area contributed by atoms with Gasteiger partial charge in [-0.1, -0.05) is 72.4 Å². The van der Waals surface area contributed by atoms with E-state index in [9.17, 15) is 4.79 Å². The summed E-state index contributed by atoms with van der Waals surface area (Å²) in [6.45, 7) is 0. The van der Waals surface area contributed by atoms with Crippen molar-refractivity contribution in [3.63, 3.8) is 0 Å². The number of nitrogens with one attached hydrogen (secondary N) is 1. The first-order valence-corrected chi connectivity index (χ1v) is 8.91. The van der Waals surface area contributed by atoms with E-state index in [0.29, 0.717) is 0 Å². The van der Waals surface area contributed by atoms with Crippen LogP contribution in [0.15, 0.2) is 78.0 Å². The van der Waals surface area contributed by atoms with Crippen LogP contribution in [0.1, 0.15) is 0 Å². The highest BCUT2D eigenvalue weighted by Gasteiger charge is 2.09. The van der Waals surface area contributed by atoms with Crippen LogP contribution in [0, 0.1) is 0 Å². The summed E-state index contributed by atoms with van der Waals surface area (Å²) in [5.74, 6) is 0.224. The Balaban J connectivity index is 1.50. The first kappa shape index (κ1) is 15.6. The number of carbonyl (C=O) groups excluding carboxylic acids is 1. The van der Waals surface area contributed by atoms with E-state index in [2.05, 4.69) is 15.5 Å². The zero-order valence-electron chi connectivity index (χ0n) is 13.3. The molecule has 4 nitrogen and oxygen atoms in total. The van der Waals surface area contributed by atoms with Gasteiger partial charge in [-0.25, -0.2) is 0 Å². The van der Waals surface area contributed by atoms with E-state index >= 15 is 0 Å². The SMILES string of the molecule is O=C(CSc1nncc2ccccc12)Nc1cccc2ccccc12. The zero-order valence-corrected chi connectivity index (χ0v) is 14.2. The maximum atomic E-state index is 12.4. The monoisotopic (exact) mass is 345 g/mol. The molecule has 122 valence electrons. The largest absolute Gasteiger partial charge is 0.325 e. The predicted molar refractivity (Wildman–Crippen MR) is 103 cm³/mol. The molecular formula is C20H15N3OS. The molecule has 1 amide bonds. The molecule has 0 fully saturated rings. The summed E-state index contributed by atoms with van der Waals surface area (Å²) >= 11 is 1.40. The molecule has 5 heteroatoms. The van der Waals surface area contributed by atoms with Gasteiger partial charge < -0.3 is 5.32 Å². The average molecular weight is 345 g/mol. The number of thioether (sulfide) groups is 1. The van der Waals surface area contributed by atoms with Gasteiger partial charge >= 0.3 is 0 Å². The van der Waals surface area contributed by atoms with Crippen molar-refractivity contribution in [2.24, 2.45) is 0 Å². The number of carbonyl (C=O) groups is 1. The van der Waals surface area contributed by atoms with Gasteiger partial charge in [-0.15, -0.1) is 5.10 Å². The highest BCUT2D eigenvalue weighted by molar-refractivity contribution is 8.00. The molecule has 4 rings (SSSR count). The molecular weight excluding hydrogens is 330 g/mol. The van der Waals surface area contributed by atoms with Crippen molar-refractivity contribution in [2.45, 2.75) is 5.03 Å². The highest BCUT2D eigenvalue weighted by Crippen LogP contribution is 2.26. The normalized spacial score (nSPS) is 10.9. The van der Waals surface area contributed by atoms with Gasteiger partial charge in [0.05, 0.1) is 11.9 Å². The third-order valence-corrected chi connectivity index (χ3v) is 4.92. The number of rotatable bonds is 4. The van der Waals surface area contributed by atoms with E-state index in [4.69, 9.17) is 0 Å². The average Bonchev–Trinajstić information content (AvgIpc) is 2.66. The maximum Gasteiger partial charge on any atom is 0.234 e. The van der Waals surface area contributed by atoms with Gasteiger partial charge in [-0.2, -0.15) is 5.10 Å². The van der Waals surface area contributed by atoms with E-state index in [-0.39, 0.29) is 11.7 Å². The second kappa shape index (κ2) is 6.91. The predicted octanol–water partition coefficient (Wildman–Crippen LogP) is 4.51. The van der Waals surface area contributed by atoms with E-state index in [1.807, 2.05) is 66.7 Å². The number of hydrogen-bond acceptors (Lipinski definition) is 4. The molecule has 0 aliphatic carbocycles. The van der Waals surface area contributed by atoms with Gasteiger partial charge in [0.15, 0.2) is 0 Å². The van der Waals surface area contributed by atoms with Crippen molar-refractivity contribution < 1.29 is 4.79 Å². The number of nitrogens with zero attached hydrogens (tertiary/aromatic N) is 2. The molecule has 1 aromatic heterocycles. The van der Waals surface area contributed by atoms with Crippen LogP contribution in [0.5, 0.6) is 0 Å². The summed E-state index contributed by atoms with van der Waals surface area (Å²) in [5, 5.41) is 16.1. The van der Waals surface area contributed by atoms with Crippen LogP contribution in [-0.4, -0.2) is 21.9 Å². The van der Waals surface area contributed by atoms with Gasteiger partial charge in [-0.05, 0) is 11.5 Å². The quantitative estimate of drug-likeness (QED) is 0.553. The molecule has 0 saturated heterocycles. The molecule has 0 aliphatic heterocycles. The standard InChI is InChI=1S/C20H15N3OS/c24-19(22-18-11-5-8-14-6-1-3-9-16(14)18)13-25-20-17-10-4-2-7-15(17)12-21-23-20/h1-12H,13H2,(H,22,24). The van der Waals surface area contributed by atoms with Crippen molar-refractivity contribution in [2.75, 3.05) is 11.1 Å². The minimum Gasteiger partial charge on any atom is -0.325 e. The molecule has 25 heavy (non-hydrogen) atoms. The lowest BCUT2D eigenvalue weighted by molar-refractivity contribution is -0.113. The lowest BCUT2D eigenvalue weighted by atomic mass is 10.1. The van der Waals surface area contributed by atoms with E-state index in [1.54, 1.807) is 6.20 Å². The highest BCUT2D eigenvalue weighted by atomic mass is 32.2. The number of aromatic nitrogens is 2. The Morgan fingerprint density at radius 2 is 1.60 bits per heavy atom. The lowest BCUT2D eigenvalue weighted by Gasteiger charge is -2.09. The van der Waals surface area contributed by atoms with Crippen molar-refractivity contribution in [3.05, 3.63) is 72.9 Å². The van der Waals surface area contributed by atoms with Crippen molar-refractivity contribution in [3.8, 4) is 0 Å². The summed E-state index contributed by atoms with van der Waals surface area (Å²) in [4.78, 5) is 12.4. The van der Waals surface area contributed by atoms with Gasteiger partial charge in [-0.3, -0.25) is 4.79 Å². The Bertz CT molecular complexity index is 1050. The lowest BCUT2D eigenvalue weighted by Crippen LogP contribution is -2.14. The Kier molecular flexibility index (Phi) is 4.31. The van der Waals surface area contributed by atoms with Crippen LogP contribution in [0.3, 0.4) is 0 Å². The summed E-state index contributed by atoms with van der Waals surface area (Å²) < 4.78 is 0. The Hall–Kier alpha value is -2.92. The molecule has 0 unspecified atom stereocenters. The number of amides is 1. The molecule has 0 aliphatic rings. The van der Waals surface area contributed by atoms with Crippen LogP contribution in [0.4, 0.5) is 5.69 Å². The van der Waals surface area contributed by atoms with E-state index in [0.717, 1.165) is 32.3 Å². The second-order valence-corrected chi connectivity index (χ2v) is 6.56. The number of anilines is 1. The minimum absolute atomic E-state index is 0.0592. The fourth-order valence-corrected chi connectivity index (χ4v) is 3.55. The third-order valence-electron chi connectivity index (χ3n) is 3.94. The van der Waals surface area contributed by atoms with Crippen molar-refractivity contribution in [1.29, 1.82) is 0 Å². The van der Waals surface area contributed by atoms with Crippen LogP contribution >= 0.6 is 11.8 Å². The number of hydrogen-bond donors (Lipinski definition) is 1. The number of benzene rings is 3. The first-order valence-electron chi connectivity index (χ1n) is 7.92.